The van der Waals surface area contributed by atoms with E-state index in [4.69, 9.17) is 5.26 Å². The summed E-state index contributed by atoms with van der Waals surface area (Å²) >= 11 is 1.60. The van der Waals surface area contributed by atoms with Crippen LogP contribution in [0.1, 0.15) is 119 Å². The van der Waals surface area contributed by atoms with Crippen LogP contribution >= 0.6 is 11.3 Å². The van der Waals surface area contributed by atoms with Gasteiger partial charge in [-0.25, -0.2) is 57.3 Å². The molecular weight excluding hydrogens is 1370 g/mol. The molecule has 2 aliphatic rings. The largest absolute Gasteiger partial charge is 0.335 e. The topological polar surface area (TPSA) is 301 Å². The van der Waals surface area contributed by atoms with Gasteiger partial charge in [-0.2, -0.15) is 21.7 Å². The normalized spacial score (nSPS) is 13.7. The van der Waals surface area contributed by atoms with Crippen LogP contribution in [0.4, 0.5) is 4.79 Å². The smallest absolute Gasteiger partial charge is 0.328 e. The molecule has 0 bridgehead atoms. The van der Waals surface area contributed by atoms with E-state index in [0.29, 0.717) is 28.7 Å². The third-order valence-corrected chi connectivity index (χ3v) is 23.2. The van der Waals surface area contributed by atoms with Crippen LogP contribution in [0.5, 0.6) is 0 Å². The Kier molecular flexibility index (Phi) is 27.8. The molecule has 7 aromatic carbocycles. The molecule has 0 spiro atoms. The number of amides is 2. The van der Waals surface area contributed by atoms with Crippen LogP contribution in [0, 0.1) is 11.3 Å². The number of sulfonamides is 3. The number of aromatic nitrogens is 2. The van der Waals surface area contributed by atoms with Gasteiger partial charge in [-0.05, 0) is 170 Å². The van der Waals surface area contributed by atoms with E-state index in [0.717, 1.165) is 110 Å². The monoisotopic (exact) mass is 1450 g/mol. The number of carbonyl (C=O) groups is 4. The molecule has 1 saturated carbocycles. The van der Waals surface area contributed by atoms with E-state index in [1.54, 1.807) is 58.6 Å². The number of hydrogen-bond acceptors (Lipinski definition) is 17. The van der Waals surface area contributed by atoms with Gasteiger partial charge in [0.25, 0.3) is 10.0 Å². The van der Waals surface area contributed by atoms with Crippen molar-refractivity contribution in [2.24, 2.45) is 0 Å². The minimum atomic E-state index is -3.93. The van der Waals surface area contributed by atoms with Gasteiger partial charge in [0.05, 0.1) is 42.7 Å². The van der Waals surface area contributed by atoms with E-state index in [1.807, 2.05) is 107 Å². The molecule has 0 atom stereocenters. The lowest BCUT2D eigenvalue weighted by Gasteiger charge is -2.34. The summed E-state index contributed by atoms with van der Waals surface area (Å²) in [7, 11) is -14.8. The first kappa shape index (κ1) is 76.6. The quantitative estimate of drug-likeness (QED) is 0.0433. The first-order chi connectivity index (χ1) is 47.8. The number of nitriles is 1. The number of piperazine rings is 1. The summed E-state index contributed by atoms with van der Waals surface area (Å²) in [6.45, 7) is 12.9. The highest BCUT2D eigenvalue weighted by atomic mass is 32.2. The number of nitrogens with zero attached hydrogens (tertiary/aromatic N) is 5. The van der Waals surface area contributed by atoms with Crippen LogP contribution < -0.4 is 19.5 Å². The van der Waals surface area contributed by atoms with Crippen LogP contribution in [-0.2, 0) is 66.0 Å². The summed E-state index contributed by atoms with van der Waals surface area (Å²) in [5, 5.41) is 19.8. The number of nitrogens with one attached hydrogen (secondary N) is 4. The van der Waals surface area contributed by atoms with E-state index in [9.17, 15) is 52.8 Å². The fourth-order valence-electron chi connectivity index (χ4n) is 11.0. The lowest BCUT2D eigenvalue weighted by molar-refractivity contribution is 0.100. The maximum atomic E-state index is 12.7. The maximum Gasteiger partial charge on any atom is 0.328 e. The van der Waals surface area contributed by atoms with Crippen molar-refractivity contribution in [2.75, 3.05) is 38.5 Å². The Morgan fingerprint density at radius 1 is 0.560 bits per heavy atom. The Labute approximate surface area is 590 Å². The molecule has 2 fully saturated rings. The minimum absolute atomic E-state index is 0.00948. The molecule has 21 nitrogen and oxygen atoms in total. The molecule has 1 saturated heterocycles. The first-order valence-corrected chi connectivity index (χ1v) is 39.5. The highest BCUT2D eigenvalue weighted by Gasteiger charge is 2.24. The van der Waals surface area contributed by atoms with Gasteiger partial charge in [0, 0.05) is 80.9 Å². The maximum absolute atomic E-state index is 12.7. The zero-order valence-corrected chi connectivity index (χ0v) is 60.1. The predicted octanol–water partition coefficient (Wildman–Crippen LogP) is 11.6. The van der Waals surface area contributed by atoms with Crippen LogP contribution in [0.3, 0.4) is 0 Å². The first-order valence-electron chi connectivity index (χ1n) is 32.4. The molecule has 2 amide bonds. The Balaban J connectivity index is 0.000000170. The number of Topliss-reactive ketones (excluding diaryl/α,β-unsaturated/α-hetero) is 3. The highest BCUT2D eigenvalue weighted by Crippen LogP contribution is 2.27. The van der Waals surface area contributed by atoms with Gasteiger partial charge in [0.2, 0.25) is 20.0 Å². The summed E-state index contributed by atoms with van der Waals surface area (Å²) in [6.07, 6.45) is 8.92. The van der Waals surface area contributed by atoms with Crippen molar-refractivity contribution < 1.29 is 52.8 Å². The molecule has 1 aliphatic heterocycles. The molecule has 0 unspecified atom stereocenters. The zero-order chi connectivity index (χ0) is 71.9. The molecule has 11 rings (SSSR count). The fraction of sp³-hybridized carbons (Fsp3) is 0.270. The Hall–Kier alpha value is -9.14. The van der Waals surface area contributed by atoms with E-state index >= 15 is 0 Å². The van der Waals surface area contributed by atoms with Crippen LogP contribution in [0.25, 0.3) is 16.8 Å². The van der Waals surface area contributed by atoms with Gasteiger partial charge in [0.1, 0.15) is 0 Å². The van der Waals surface area contributed by atoms with Crippen molar-refractivity contribution in [1.82, 2.24) is 39.1 Å². The molecule has 2 aromatic heterocycles. The third-order valence-electron chi connectivity index (χ3n) is 16.7. The molecule has 524 valence electrons. The van der Waals surface area contributed by atoms with Gasteiger partial charge < -0.3 is 10.2 Å². The van der Waals surface area contributed by atoms with Crippen molar-refractivity contribution in [3.8, 4) is 22.9 Å². The number of likely N-dealkylation sites (N-methyl/N-ethyl adjacent to an activating group) is 1. The van der Waals surface area contributed by atoms with Crippen molar-refractivity contribution in [3.05, 3.63) is 250 Å². The lowest BCUT2D eigenvalue weighted by Crippen LogP contribution is -2.45. The second kappa shape index (κ2) is 36.3. The summed E-state index contributed by atoms with van der Waals surface area (Å²) < 4.78 is 109. The Bertz CT molecular complexity index is 4780. The van der Waals surface area contributed by atoms with E-state index < -0.39 is 45.9 Å². The number of sulfone groups is 1. The Morgan fingerprint density at radius 2 is 1.13 bits per heavy atom. The van der Waals surface area contributed by atoms with Crippen LogP contribution in [-0.4, -0.2) is 121 Å². The third kappa shape index (κ3) is 22.7. The number of rotatable bonds is 23. The van der Waals surface area contributed by atoms with Crippen molar-refractivity contribution in [3.63, 3.8) is 0 Å². The van der Waals surface area contributed by atoms with Gasteiger partial charge in [-0.3, -0.25) is 19.3 Å². The number of urea groups is 1. The fourth-order valence-corrected chi connectivity index (χ4v) is 16.0. The molecule has 4 N–H and O–H groups in total. The molecule has 26 heteroatoms. The molecule has 1 aliphatic carbocycles. The van der Waals surface area contributed by atoms with E-state index in [-0.39, 0.29) is 61.8 Å². The second-order valence-corrected chi connectivity index (χ2v) is 31.9. The molecule has 9 aromatic rings. The number of carbonyl (C=O) groups excluding carboxylic acids is 4. The summed E-state index contributed by atoms with van der Waals surface area (Å²) in [4.78, 5) is 51.2. The second-order valence-electron chi connectivity index (χ2n) is 23.8. The standard InChI is InChI=1S/C22H29N3O3S.C19H17NO3S2.C18H15N3O2S.C15H20N2O4S/c1-3-24-11-13-25(14-12-24)17-21-8-5-4-7-20(21)16-23-29(27,28)22-10-6-9-19(15-22)18(2)26;1-14(21)15-6-4-7-18(11-15)25(22,23)20-12-16-5-2-3-8-19(16)17-9-10-24-13-17;19-14-16-5-2-7-18(13-16)24(22,23)11-8-15-4-1-6-17(12-15)21-10-3-9-20-21;1-11(18)12-7-9-14(10-8-12)22(20,21)17-15(19)16-13-5-3-2-4-6-13/h4-10,15,23H,3,11-14,16-17H2,1-2H3;2-11,13,20H,12H2,1H3;1-7,9-10,12-13H,8,11H2;7-10,13H,2-6H2,1H3,(H2,16,17,19). The Morgan fingerprint density at radius 3 is 1.71 bits per heavy atom. The van der Waals surface area contributed by atoms with Crippen molar-refractivity contribution in [2.45, 2.75) is 111 Å². The summed E-state index contributed by atoms with van der Waals surface area (Å²) in [5.41, 5.74) is 8.41. The van der Waals surface area contributed by atoms with Crippen molar-refractivity contribution >= 4 is 74.6 Å². The average molecular weight is 1450 g/mol. The van der Waals surface area contributed by atoms with Gasteiger partial charge in [-0.1, -0.05) is 129 Å². The summed E-state index contributed by atoms with van der Waals surface area (Å²) in [5.74, 6) is -0.480. The molecular formula is C74H81N9O12S5. The summed E-state index contributed by atoms with van der Waals surface area (Å²) in [6, 6.07) is 52.2. The number of ketones is 3. The number of hydrogen-bond donors (Lipinski definition) is 4. The van der Waals surface area contributed by atoms with E-state index in [1.165, 1.54) is 81.4 Å². The minimum Gasteiger partial charge on any atom is -0.335 e. The number of thiophene rings is 1. The van der Waals surface area contributed by atoms with Crippen LogP contribution in [0.2, 0.25) is 0 Å². The average Bonchev–Trinajstić information content (AvgIpc) is 1.06. The van der Waals surface area contributed by atoms with Gasteiger partial charge >= 0.3 is 6.03 Å². The lowest BCUT2D eigenvalue weighted by atomic mass is 9.96. The zero-order valence-electron chi connectivity index (χ0n) is 56.0. The van der Waals surface area contributed by atoms with Gasteiger partial charge in [-0.15, -0.1) is 0 Å². The van der Waals surface area contributed by atoms with E-state index in [2.05, 4.69) is 42.6 Å². The van der Waals surface area contributed by atoms with Crippen molar-refractivity contribution in [1.29, 1.82) is 5.26 Å². The number of benzene rings is 7. The molecule has 100 heavy (non-hydrogen) atoms. The highest BCUT2D eigenvalue weighted by molar-refractivity contribution is 7.91. The molecule has 3 heterocycles. The predicted molar refractivity (Wildman–Crippen MR) is 387 cm³/mol. The van der Waals surface area contributed by atoms with Gasteiger partial charge in [0.15, 0.2) is 27.2 Å². The SMILES string of the molecule is CC(=O)c1ccc(S(=O)(=O)NC(=O)NC2CCCCC2)cc1.CC(=O)c1cccc(S(=O)(=O)NCc2ccccc2-c2ccsc2)c1.CCN1CCN(Cc2ccccc2CNS(=O)(=O)c2cccc(C(C)=O)c2)CC1.N#Cc1cccc(S(=O)(=O)CCc2cccc(-n3cccn3)c2)c1. The van der Waals surface area contributed by atoms with Crippen LogP contribution in [0.15, 0.2) is 225 Å². The number of aryl methyl sites for hydroxylation is 1. The molecule has 0 radical (unpaired) electrons.